The van der Waals surface area contributed by atoms with E-state index in [1.54, 1.807) is 4.52 Å². The number of aliphatic carboxylic acids is 1. The lowest BCUT2D eigenvalue weighted by molar-refractivity contribution is -0.136. The normalized spacial score (nSPS) is 24.6. The fourth-order valence-corrected chi connectivity index (χ4v) is 5.78. The van der Waals surface area contributed by atoms with Crippen molar-refractivity contribution in [2.75, 3.05) is 24.6 Å². The quantitative estimate of drug-likeness (QED) is 0.442. The standard InChI is InChI=1S/C31H42N4O5/c1-20-9-10-25-23(4)38-19-24-17-28-32-22(3)26(18-29(36)37)30(35(28)33-24)34-13-11-31(5,12-14-34)39-15-7-6-8-21(2)40-27(25)16-20/h9-10,16-17,21,23H,6-8,11-15,18-19H2,1-5H3,(H,36,37)/t21?,23-/m1/s1. The average Bonchev–Trinajstić information content (AvgIpc) is 3.30. The summed E-state index contributed by atoms with van der Waals surface area (Å²) in [6.45, 7) is 12.8. The van der Waals surface area contributed by atoms with Crippen molar-refractivity contribution in [3.8, 4) is 5.75 Å². The molecule has 2 atom stereocenters. The van der Waals surface area contributed by atoms with E-state index < -0.39 is 5.97 Å². The summed E-state index contributed by atoms with van der Waals surface area (Å²) in [7, 11) is 0. The Morgan fingerprint density at radius 2 is 1.93 bits per heavy atom. The summed E-state index contributed by atoms with van der Waals surface area (Å²) in [5.41, 5.74) is 4.80. The summed E-state index contributed by atoms with van der Waals surface area (Å²) in [5.74, 6) is 0.784. The van der Waals surface area contributed by atoms with Crippen LogP contribution in [-0.2, 0) is 27.3 Å². The monoisotopic (exact) mass is 550 g/mol. The van der Waals surface area contributed by atoms with Crippen molar-refractivity contribution < 1.29 is 24.1 Å². The molecule has 40 heavy (non-hydrogen) atoms. The fraction of sp³-hybridized carbons (Fsp3) is 0.581. The number of aryl methyl sites for hydroxylation is 2. The lowest BCUT2D eigenvalue weighted by Gasteiger charge is -2.41. The second-order valence-electron chi connectivity index (χ2n) is 11.7. The van der Waals surface area contributed by atoms with Gasteiger partial charge in [-0.15, -0.1) is 0 Å². The highest BCUT2D eigenvalue weighted by Crippen LogP contribution is 2.34. The highest BCUT2D eigenvalue weighted by molar-refractivity contribution is 5.74. The molecular weight excluding hydrogens is 508 g/mol. The van der Waals surface area contributed by atoms with E-state index in [0.717, 1.165) is 80.2 Å². The van der Waals surface area contributed by atoms with Crippen LogP contribution in [0.25, 0.3) is 5.65 Å². The molecule has 0 saturated carbocycles. The third-order valence-electron chi connectivity index (χ3n) is 8.25. The number of fused-ring (bicyclic) bond motifs is 10. The number of anilines is 1. The van der Waals surface area contributed by atoms with Gasteiger partial charge in [0.15, 0.2) is 5.65 Å². The van der Waals surface area contributed by atoms with Crippen LogP contribution in [0.2, 0.25) is 0 Å². The van der Waals surface area contributed by atoms with Gasteiger partial charge in [0.25, 0.3) is 0 Å². The van der Waals surface area contributed by atoms with Gasteiger partial charge in [0.1, 0.15) is 11.6 Å². The summed E-state index contributed by atoms with van der Waals surface area (Å²) in [5, 5.41) is 14.6. The molecule has 4 bridgehead atoms. The maximum absolute atomic E-state index is 11.8. The van der Waals surface area contributed by atoms with Crippen LogP contribution < -0.4 is 9.64 Å². The minimum Gasteiger partial charge on any atom is -0.490 e. The molecule has 1 aromatic carbocycles. The van der Waals surface area contributed by atoms with E-state index in [4.69, 9.17) is 24.3 Å². The first-order valence-electron chi connectivity index (χ1n) is 14.5. The molecule has 0 aliphatic carbocycles. The third kappa shape index (κ3) is 6.25. The van der Waals surface area contributed by atoms with Gasteiger partial charge in [0, 0.05) is 42.6 Å². The van der Waals surface area contributed by atoms with Crippen molar-refractivity contribution in [3.05, 3.63) is 52.3 Å². The number of aromatic nitrogens is 3. The van der Waals surface area contributed by atoms with Crippen LogP contribution in [-0.4, -0.2) is 57.1 Å². The molecule has 3 aliphatic rings. The largest absolute Gasteiger partial charge is 0.490 e. The van der Waals surface area contributed by atoms with Crippen LogP contribution >= 0.6 is 0 Å². The molecule has 0 radical (unpaired) electrons. The first-order valence-corrected chi connectivity index (χ1v) is 14.5. The van der Waals surface area contributed by atoms with E-state index in [9.17, 15) is 9.90 Å². The van der Waals surface area contributed by atoms with Crippen molar-refractivity contribution >= 4 is 17.4 Å². The first-order chi connectivity index (χ1) is 19.1. The number of piperidine rings is 1. The zero-order valence-corrected chi connectivity index (χ0v) is 24.4. The van der Waals surface area contributed by atoms with Gasteiger partial charge in [-0.2, -0.15) is 9.61 Å². The van der Waals surface area contributed by atoms with Crippen LogP contribution in [0.1, 0.15) is 87.1 Å². The minimum atomic E-state index is -0.882. The van der Waals surface area contributed by atoms with Crippen molar-refractivity contribution in [2.24, 2.45) is 0 Å². The van der Waals surface area contributed by atoms with Crippen LogP contribution in [0.5, 0.6) is 5.75 Å². The molecule has 6 rings (SSSR count). The van der Waals surface area contributed by atoms with Gasteiger partial charge in [0.05, 0.1) is 36.5 Å². The molecule has 9 nitrogen and oxygen atoms in total. The molecule has 9 heteroatoms. The molecule has 1 fully saturated rings. The van der Waals surface area contributed by atoms with E-state index in [1.165, 1.54) is 0 Å². The van der Waals surface area contributed by atoms with E-state index in [-0.39, 0.29) is 24.2 Å². The Morgan fingerprint density at radius 1 is 1.15 bits per heavy atom. The van der Waals surface area contributed by atoms with Gasteiger partial charge >= 0.3 is 5.97 Å². The van der Waals surface area contributed by atoms with Gasteiger partial charge < -0.3 is 24.2 Å². The number of ether oxygens (including phenoxy) is 3. The highest BCUT2D eigenvalue weighted by atomic mass is 16.5. The number of nitrogens with zero attached hydrogens (tertiary/aromatic N) is 4. The molecule has 3 aromatic rings. The molecule has 1 N–H and O–H groups in total. The third-order valence-corrected chi connectivity index (χ3v) is 8.25. The Bertz CT molecular complexity index is 1360. The number of hydrogen-bond acceptors (Lipinski definition) is 7. The molecule has 0 spiro atoms. The van der Waals surface area contributed by atoms with Crippen LogP contribution in [0.4, 0.5) is 5.82 Å². The highest BCUT2D eigenvalue weighted by Gasteiger charge is 2.33. The number of carbonyl (C=O) groups is 1. The first kappa shape index (κ1) is 28.4. The summed E-state index contributed by atoms with van der Waals surface area (Å²) in [6.07, 6.45) is 4.45. The maximum atomic E-state index is 11.8. The Kier molecular flexibility index (Phi) is 8.33. The maximum Gasteiger partial charge on any atom is 0.308 e. The number of carboxylic acid groups (broad SMARTS) is 1. The van der Waals surface area contributed by atoms with Crippen LogP contribution in [0.3, 0.4) is 0 Å². The predicted molar refractivity (Wildman–Crippen MR) is 153 cm³/mol. The van der Waals surface area contributed by atoms with Gasteiger partial charge in [-0.05, 0) is 78.4 Å². The summed E-state index contributed by atoms with van der Waals surface area (Å²) in [6, 6.07) is 8.18. The van der Waals surface area contributed by atoms with Gasteiger partial charge in [-0.1, -0.05) is 12.1 Å². The predicted octanol–water partition coefficient (Wildman–Crippen LogP) is 5.58. The minimum absolute atomic E-state index is 0.0864. The van der Waals surface area contributed by atoms with E-state index in [1.807, 2.05) is 19.9 Å². The second kappa shape index (κ2) is 11.7. The molecule has 216 valence electrons. The Hall–Kier alpha value is -3.17. The lowest BCUT2D eigenvalue weighted by atomic mass is 9.92. The van der Waals surface area contributed by atoms with Crippen LogP contribution in [0.15, 0.2) is 24.3 Å². The number of hydrogen-bond donors (Lipinski definition) is 1. The summed E-state index contributed by atoms with van der Waals surface area (Å²) < 4.78 is 21.0. The molecular formula is C31H42N4O5. The van der Waals surface area contributed by atoms with E-state index in [0.29, 0.717) is 23.5 Å². The average molecular weight is 551 g/mol. The van der Waals surface area contributed by atoms with Crippen molar-refractivity contribution in [1.29, 1.82) is 0 Å². The zero-order chi connectivity index (χ0) is 28.4. The SMILES string of the molecule is Cc1ccc2c(c1)OC(C)CCCCOC1(C)CCN(CC1)c1c(CC(=O)O)c(C)nc3cc(nn13)CO[C@@H]2C. The van der Waals surface area contributed by atoms with Crippen molar-refractivity contribution in [1.82, 2.24) is 14.6 Å². The Balaban J connectivity index is 1.52. The van der Waals surface area contributed by atoms with E-state index in [2.05, 4.69) is 43.9 Å². The molecule has 1 saturated heterocycles. The zero-order valence-electron chi connectivity index (χ0n) is 24.4. The van der Waals surface area contributed by atoms with Crippen molar-refractivity contribution in [2.45, 2.75) is 97.6 Å². The lowest BCUT2D eigenvalue weighted by Crippen LogP contribution is -2.45. The van der Waals surface area contributed by atoms with Crippen LogP contribution in [0, 0.1) is 13.8 Å². The number of carboxylic acids is 1. The van der Waals surface area contributed by atoms with E-state index >= 15 is 0 Å². The summed E-state index contributed by atoms with van der Waals surface area (Å²) in [4.78, 5) is 18.8. The topological polar surface area (TPSA) is 98.4 Å². The molecule has 5 heterocycles. The molecule has 1 unspecified atom stereocenters. The summed E-state index contributed by atoms with van der Waals surface area (Å²) >= 11 is 0. The molecule has 3 aliphatic heterocycles. The van der Waals surface area contributed by atoms with Gasteiger partial charge in [0.2, 0.25) is 0 Å². The smallest absolute Gasteiger partial charge is 0.308 e. The number of benzene rings is 1. The Morgan fingerprint density at radius 3 is 2.67 bits per heavy atom. The van der Waals surface area contributed by atoms with Crippen molar-refractivity contribution in [3.63, 3.8) is 0 Å². The fourth-order valence-electron chi connectivity index (χ4n) is 5.78. The number of rotatable bonds is 2. The molecule has 0 amide bonds. The van der Waals surface area contributed by atoms with Gasteiger partial charge in [-0.25, -0.2) is 4.98 Å². The molecule has 2 aromatic heterocycles. The van der Waals surface area contributed by atoms with Gasteiger partial charge in [-0.3, -0.25) is 4.79 Å². The second-order valence-corrected chi connectivity index (χ2v) is 11.7. The Labute approximate surface area is 236 Å².